The van der Waals surface area contributed by atoms with Gasteiger partial charge in [0.1, 0.15) is 183 Å². The average Bonchev–Trinajstić information content (AvgIpc) is 0.756. The summed E-state index contributed by atoms with van der Waals surface area (Å²) in [5.41, 5.74) is 0. The van der Waals surface area contributed by atoms with E-state index in [1.807, 2.05) is 0 Å². The van der Waals surface area contributed by atoms with E-state index in [2.05, 4.69) is 21.3 Å². The quantitative estimate of drug-likeness (QED) is 0.0271. The summed E-state index contributed by atoms with van der Waals surface area (Å²) >= 11 is 0. The minimum atomic E-state index is -3.33. The van der Waals surface area contributed by atoms with Gasteiger partial charge in [-0.1, -0.05) is 0 Å². The number of ether oxygens (including phenoxy) is 16. The predicted octanol–water partition coefficient (Wildman–Crippen LogP) is -18.7. The molecule has 636 valence electrons. The molecule has 0 aliphatic carbocycles. The van der Waals surface area contributed by atoms with E-state index in [-0.39, 0.29) is 6.41 Å². The Morgan fingerprint density at radius 2 is 0.864 bits per heavy atom. The molecule has 4 amide bonds. The van der Waals surface area contributed by atoms with Gasteiger partial charge in [-0.05, 0) is 6.92 Å². The summed E-state index contributed by atoms with van der Waals surface area (Å²) < 4.78 is 94.9. The van der Waals surface area contributed by atoms with Crippen LogP contribution in [0.5, 0.6) is 0 Å². The van der Waals surface area contributed by atoms with Crippen molar-refractivity contribution in [2.45, 2.75) is 291 Å². The Labute approximate surface area is 622 Å². The highest BCUT2D eigenvalue weighted by Gasteiger charge is 2.63. The van der Waals surface area contributed by atoms with Gasteiger partial charge in [0.25, 0.3) is 5.79 Å². The fraction of sp³-hybridized carbons (Fsp3) is 0.918. The lowest BCUT2D eigenvalue weighted by molar-refractivity contribution is -0.392. The van der Waals surface area contributed by atoms with Crippen molar-refractivity contribution in [1.29, 1.82) is 0 Å². The Bertz CT molecular complexity index is 2910. The van der Waals surface area contributed by atoms with E-state index in [4.69, 9.17) is 75.8 Å². The number of carbonyl (C=O) groups excluding carboxylic acids is 4. The molecule has 0 aromatic rings. The van der Waals surface area contributed by atoms with E-state index < -0.39 is 347 Å². The highest BCUT2D eigenvalue weighted by molar-refractivity contribution is 5.77. The molecule has 0 bridgehead atoms. The van der Waals surface area contributed by atoms with Crippen LogP contribution in [-0.2, 0) is 99.8 Å². The van der Waals surface area contributed by atoms with Gasteiger partial charge < -0.3 is 220 Å². The van der Waals surface area contributed by atoms with Gasteiger partial charge in [-0.2, -0.15) is 0 Å². The third-order valence-electron chi connectivity index (χ3n) is 19.7. The number of carbonyl (C=O) groups is 5. The fourth-order valence-corrected chi connectivity index (χ4v) is 13.8. The number of rotatable bonds is 33. The molecule has 8 aliphatic rings. The van der Waals surface area contributed by atoms with Crippen LogP contribution in [0, 0.1) is 0 Å². The normalized spacial score (nSPS) is 46.2. The number of aliphatic hydroxyl groups is 23. The second-order valence-corrected chi connectivity index (χ2v) is 27.5. The maximum atomic E-state index is 13.4. The first-order valence-electron chi connectivity index (χ1n) is 34.8. The van der Waals surface area contributed by atoms with Crippen molar-refractivity contribution < 1.29 is 222 Å². The molecule has 0 aromatic heterocycles. The maximum absolute atomic E-state index is 13.4. The minimum absolute atomic E-state index is 0.212. The number of hydrogen-bond acceptors (Lipinski definition) is 44. The summed E-state index contributed by atoms with van der Waals surface area (Å²) in [7, 11) is 0. The van der Waals surface area contributed by atoms with Crippen molar-refractivity contribution in [3.8, 4) is 0 Å². The number of aliphatic hydroxyl groups excluding tert-OH is 23. The van der Waals surface area contributed by atoms with Crippen molar-refractivity contribution in [1.82, 2.24) is 21.3 Å². The van der Waals surface area contributed by atoms with Crippen molar-refractivity contribution in [2.75, 3.05) is 59.5 Å². The van der Waals surface area contributed by atoms with E-state index in [1.54, 1.807) is 0 Å². The van der Waals surface area contributed by atoms with Gasteiger partial charge in [0.05, 0.1) is 83.8 Å². The molecule has 0 aromatic carbocycles. The van der Waals surface area contributed by atoms with Gasteiger partial charge in [0.2, 0.25) is 24.1 Å². The molecule has 28 N–H and O–H groups in total. The predicted molar refractivity (Wildman–Crippen MR) is 339 cm³/mol. The van der Waals surface area contributed by atoms with Crippen LogP contribution in [-0.4, -0.2) is 469 Å². The van der Waals surface area contributed by atoms with Crippen molar-refractivity contribution in [3.63, 3.8) is 0 Å². The monoisotopic (exact) mass is 1610 g/mol. The SMILES string of the molecule is CC(=O)N[C@H]1[C@H](OC[C@H]2O[C@@H](O[C@H]3[C@H](O)[C@@H](O)[C@H](OC[C@@H](CO)NC=O)O[C@@H]3CO)[C@H](O)[C@@H](O[C@@H]3O[C@H](CO)[C@@H](O)[C@H](O[C@@H]4O[C@H](CO)[C@H](O)[C@H](O[C@]5(C(=O)O)C[C@H](O)[C@@H](NC(C)=O)[C@H]([C@H](O)[C@H](O)CO)O5)[C@H]4O)[C@H]3NC(C)=O)[C@H]2O)O[C@H](CO)[C@@H](O[C@@H]2O[C@H](CO)[C@H](O)[C@H](O)[C@H]2O)[C@@H]1O[C@@H]1O[C@@H](C)[C@@H](O)[C@@H](O)[C@@H]1O. The molecule has 8 saturated heterocycles. The van der Waals surface area contributed by atoms with Crippen molar-refractivity contribution in [3.05, 3.63) is 0 Å². The molecule has 0 saturated carbocycles. The molecule has 8 fully saturated rings. The molecule has 110 heavy (non-hydrogen) atoms. The zero-order chi connectivity index (χ0) is 81.4. The van der Waals surface area contributed by atoms with Crippen LogP contribution in [0.4, 0.5) is 0 Å². The molecule has 42 atom stereocenters. The fourth-order valence-electron chi connectivity index (χ4n) is 13.8. The summed E-state index contributed by atoms with van der Waals surface area (Å²) in [6.45, 7) is -5.37. The van der Waals surface area contributed by atoms with Crippen molar-refractivity contribution in [2.24, 2.45) is 0 Å². The lowest BCUT2D eigenvalue weighted by Gasteiger charge is -2.51. The molecule has 0 radical (unpaired) electrons. The number of aliphatic carboxylic acids is 1. The Kier molecular flexibility index (Phi) is 33.3. The maximum Gasteiger partial charge on any atom is 0.364 e. The summed E-state index contributed by atoms with van der Waals surface area (Å²) in [4.78, 5) is 63.4. The summed E-state index contributed by atoms with van der Waals surface area (Å²) in [5, 5.41) is 274. The van der Waals surface area contributed by atoms with Gasteiger partial charge in [0.15, 0.2) is 44.0 Å². The number of carboxylic acids is 1. The topological polar surface area (TPSA) is 767 Å². The smallest absolute Gasteiger partial charge is 0.364 e. The summed E-state index contributed by atoms with van der Waals surface area (Å²) in [6, 6.07) is -6.88. The third kappa shape index (κ3) is 20.4. The highest BCUT2D eigenvalue weighted by Crippen LogP contribution is 2.41. The molecule has 8 rings (SSSR count). The Balaban J connectivity index is 1.15. The largest absolute Gasteiger partial charge is 0.477 e. The summed E-state index contributed by atoms with van der Waals surface area (Å²) in [6.07, 6.45) is -79.6. The first-order valence-corrected chi connectivity index (χ1v) is 34.8. The minimum Gasteiger partial charge on any atom is -0.477 e. The van der Waals surface area contributed by atoms with E-state index in [0.717, 1.165) is 20.8 Å². The molecule has 0 spiro atoms. The first kappa shape index (κ1) is 91.3. The molecular formula is C61H102N4O45. The van der Waals surface area contributed by atoms with Gasteiger partial charge >= 0.3 is 5.97 Å². The van der Waals surface area contributed by atoms with Crippen LogP contribution >= 0.6 is 0 Å². The lowest BCUT2D eigenvalue weighted by Crippen LogP contribution is -2.71. The lowest BCUT2D eigenvalue weighted by atomic mass is 9.88. The third-order valence-corrected chi connectivity index (χ3v) is 19.7. The highest BCUT2D eigenvalue weighted by atomic mass is 16.8. The molecule has 49 nitrogen and oxygen atoms in total. The van der Waals surface area contributed by atoms with Gasteiger partial charge in [-0.15, -0.1) is 0 Å². The molecule has 0 unspecified atom stereocenters. The van der Waals surface area contributed by atoms with Crippen LogP contribution < -0.4 is 21.3 Å². The van der Waals surface area contributed by atoms with Crippen LogP contribution in [0.2, 0.25) is 0 Å². The number of nitrogens with one attached hydrogen (secondary N) is 4. The molecule has 49 heteroatoms. The van der Waals surface area contributed by atoms with E-state index >= 15 is 0 Å². The van der Waals surface area contributed by atoms with Gasteiger partial charge in [-0.3, -0.25) is 19.2 Å². The molecule has 8 heterocycles. The van der Waals surface area contributed by atoms with E-state index in [0.29, 0.717) is 0 Å². The van der Waals surface area contributed by atoms with Crippen LogP contribution in [0.3, 0.4) is 0 Å². The summed E-state index contributed by atoms with van der Waals surface area (Å²) in [5.74, 6) is -8.38. The number of carboxylic acid groups (broad SMARTS) is 1. The van der Waals surface area contributed by atoms with E-state index in [9.17, 15) is 147 Å². The zero-order valence-electron chi connectivity index (χ0n) is 59.1. The van der Waals surface area contributed by atoms with Crippen LogP contribution in [0.25, 0.3) is 0 Å². The Morgan fingerprint density at radius 3 is 1.41 bits per heavy atom. The second-order valence-electron chi connectivity index (χ2n) is 27.5. The van der Waals surface area contributed by atoms with Gasteiger partial charge in [-0.25, -0.2) is 4.79 Å². The number of amides is 4. The number of hydrogen-bond donors (Lipinski definition) is 28. The first-order chi connectivity index (χ1) is 52.0. The van der Waals surface area contributed by atoms with Crippen molar-refractivity contribution >= 4 is 30.1 Å². The second kappa shape index (κ2) is 40.1. The molecular weight excluding hydrogens is 1510 g/mol. The Morgan fingerprint density at radius 1 is 0.436 bits per heavy atom. The van der Waals surface area contributed by atoms with Crippen LogP contribution in [0.1, 0.15) is 34.1 Å². The Hall–Kier alpha value is -4.21. The van der Waals surface area contributed by atoms with E-state index in [1.165, 1.54) is 6.92 Å². The standard InChI is InChI=1S/C61H102N4O45/c1-16-32(79)38(85)41(88)56(97-16)107-50-31(65-19(4)76)53(101-27(12-72)47(50)105-57-42(89)39(86)34(81)23(8-68)99-57)96-14-28-37(84)51(44(91)58(103-28)104-46-26(11-71)102-55(43(90)40(46)87)95-13-20(6-66)62-15-73)108-54-30(64-18(3)75)48(35(82)24(9-69)98-54)106-59-45(92)52(36(83)25(10-70)100-59)110-61(60(93)94)5-21(77)29(63-17(2)74)49(109-61)33(80)22(78)7-67/h15-16,20-59,66-72,77-92H,5-14H2,1-4H3,(H,62,73)(H,63,74)(H,64,75)(H,65,76)(H,93,94)/t16-,20+,21-,22+,23+,24+,25+,26+,27+,28+,29+,30+,31+,32+,33+,34-,35+,36-,37-,38+,39-,40+,41-,42+,43+,44+,45+,46+,47+,48+,49+,50+,51-,52-,53+,54-,55+,56-,57-,58-,59-,61-/m0/s1. The zero-order valence-corrected chi connectivity index (χ0v) is 59.1. The van der Waals surface area contributed by atoms with Gasteiger partial charge in [0, 0.05) is 27.2 Å². The molecule has 8 aliphatic heterocycles. The average molecular weight is 1610 g/mol. The van der Waals surface area contributed by atoms with Crippen LogP contribution in [0.15, 0.2) is 0 Å².